The van der Waals surface area contributed by atoms with Crippen molar-refractivity contribution in [3.63, 3.8) is 0 Å². The summed E-state index contributed by atoms with van der Waals surface area (Å²) >= 11 is 5.80. The number of carboxylic acid groups (broad SMARTS) is 1. The standard InChI is InChI=1S/C25H27ClF5NO6/c1-13-18(24(36)38-11-7-5-3-4-6-8-17(33)34)21(20(23(35)37-2)16(12-27)32-13)19-15(28)10-9-14(26)22(19)25(29,30)31/h9-10,21,32H,3-8,11-12H2,1-2H3,(H,33,34). The predicted octanol–water partition coefficient (Wildman–Crippen LogP) is 5.82. The number of dihydropyridines is 1. The number of hydrogen-bond acceptors (Lipinski definition) is 6. The number of carbonyl (C=O) groups excluding carboxylic acids is 2. The van der Waals surface area contributed by atoms with Crippen LogP contribution in [0.2, 0.25) is 5.02 Å². The zero-order chi connectivity index (χ0) is 28.6. The molecule has 0 fully saturated rings. The van der Waals surface area contributed by atoms with Gasteiger partial charge in [-0.2, -0.15) is 13.2 Å². The largest absolute Gasteiger partial charge is 0.481 e. The highest BCUT2D eigenvalue weighted by Gasteiger charge is 2.46. The van der Waals surface area contributed by atoms with E-state index in [1.807, 2.05) is 0 Å². The van der Waals surface area contributed by atoms with Crippen LogP contribution < -0.4 is 5.32 Å². The van der Waals surface area contributed by atoms with Crippen molar-refractivity contribution in [2.45, 2.75) is 57.5 Å². The molecular weight excluding hydrogens is 541 g/mol. The number of unbranched alkanes of at least 4 members (excludes halogenated alkanes) is 4. The maximum atomic E-state index is 15.1. The minimum absolute atomic E-state index is 0.0354. The molecule has 1 aromatic rings. The zero-order valence-corrected chi connectivity index (χ0v) is 21.4. The van der Waals surface area contributed by atoms with Crippen LogP contribution in [-0.2, 0) is 30.0 Å². The van der Waals surface area contributed by atoms with Gasteiger partial charge in [-0.3, -0.25) is 4.79 Å². The summed E-state index contributed by atoms with van der Waals surface area (Å²) in [6.07, 6.45) is -2.43. The highest BCUT2D eigenvalue weighted by Crippen LogP contribution is 2.47. The highest BCUT2D eigenvalue weighted by molar-refractivity contribution is 6.31. The first-order valence-corrected chi connectivity index (χ1v) is 12.0. The zero-order valence-electron chi connectivity index (χ0n) is 20.6. The van der Waals surface area contributed by atoms with Crippen LogP contribution in [0.5, 0.6) is 0 Å². The molecule has 38 heavy (non-hydrogen) atoms. The van der Waals surface area contributed by atoms with E-state index in [1.165, 1.54) is 6.92 Å². The van der Waals surface area contributed by atoms with E-state index in [9.17, 15) is 31.9 Å². The van der Waals surface area contributed by atoms with Crippen molar-refractivity contribution in [2.75, 3.05) is 20.4 Å². The normalized spacial score (nSPS) is 15.8. The number of carboxylic acids is 1. The third-order valence-corrected chi connectivity index (χ3v) is 6.20. The number of aliphatic carboxylic acids is 1. The average Bonchev–Trinajstić information content (AvgIpc) is 2.84. The van der Waals surface area contributed by atoms with E-state index in [1.54, 1.807) is 0 Å². The molecule has 0 spiro atoms. The van der Waals surface area contributed by atoms with Gasteiger partial charge in [-0.15, -0.1) is 0 Å². The van der Waals surface area contributed by atoms with Gasteiger partial charge in [0.15, 0.2) is 0 Å². The molecule has 0 saturated carbocycles. The van der Waals surface area contributed by atoms with Gasteiger partial charge in [0.25, 0.3) is 0 Å². The van der Waals surface area contributed by atoms with Crippen LogP contribution in [0.1, 0.15) is 62.5 Å². The predicted molar refractivity (Wildman–Crippen MR) is 126 cm³/mol. The Bertz CT molecular complexity index is 1130. The Labute approximate surface area is 220 Å². The van der Waals surface area contributed by atoms with Gasteiger partial charge >= 0.3 is 24.1 Å². The monoisotopic (exact) mass is 567 g/mol. The fourth-order valence-corrected chi connectivity index (χ4v) is 4.47. The molecule has 1 atom stereocenters. The second-order valence-electron chi connectivity index (χ2n) is 8.48. The van der Waals surface area contributed by atoms with E-state index in [4.69, 9.17) is 21.4 Å². The number of allylic oxidation sites excluding steroid dienone is 2. The lowest BCUT2D eigenvalue weighted by molar-refractivity contribution is -0.141. The van der Waals surface area contributed by atoms with Gasteiger partial charge in [-0.05, 0) is 31.9 Å². The smallest absolute Gasteiger partial charge is 0.418 e. The average molecular weight is 568 g/mol. The van der Waals surface area contributed by atoms with E-state index in [2.05, 4.69) is 10.1 Å². The van der Waals surface area contributed by atoms with Gasteiger partial charge in [-0.25, -0.2) is 18.4 Å². The number of halogens is 6. The SMILES string of the molecule is COC(=O)C1=C(CF)NC(C)=C(C(=O)OCCCCCCCC(=O)O)C1c1c(F)ccc(Cl)c1C(F)(F)F. The molecule has 1 aliphatic rings. The number of benzene rings is 1. The molecular formula is C25H27ClF5NO6. The first-order valence-electron chi connectivity index (χ1n) is 11.6. The summed E-state index contributed by atoms with van der Waals surface area (Å²) in [5.41, 5.74) is -4.65. The van der Waals surface area contributed by atoms with Gasteiger partial charge in [0.2, 0.25) is 0 Å². The fourth-order valence-electron chi connectivity index (χ4n) is 4.20. The van der Waals surface area contributed by atoms with Gasteiger partial charge in [-0.1, -0.05) is 30.9 Å². The van der Waals surface area contributed by atoms with Crippen molar-refractivity contribution in [3.05, 3.63) is 56.6 Å². The number of carbonyl (C=O) groups is 3. The molecule has 0 aromatic heterocycles. The molecule has 7 nitrogen and oxygen atoms in total. The fraction of sp³-hybridized carbons (Fsp3) is 0.480. The molecule has 1 aliphatic heterocycles. The quantitative estimate of drug-likeness (QED) is 0.186. The summed E-state index contributed by atoms with van der Waals surface area (Å²) in [5, 5.41) is 10.2. The Morgan fingerprint density at radius 2 is 1.68 bits per heavy atom. The lowest BCUT2D eigenvalue weighted by Crippen LogP contribution is -2.35. The summed E-state index contributed by atoms with van der Waals surface area (Å²) in [6, 6.07) is 1.34. The van der Waals surface area contributed by atoms with Gasteiger partial charge in [0, 0.05) is 17.7 Å². The van der Waals surface area contributed by atoms with Gasteiger partial charge in [0.1, 0.15) is 12.5 Å². The molecule has 0 aliphatic carbocycles. The number of ether oxygens (including phenoxy) is 2. The number of methoxy groups -OCH3 is 1. The third kappa shape index (κ3) is 7.46. The van der Waals surface area contributed by atoms with Crippen LogP contribution in [0.4, 0.5) is 22.0 Å². The minimum atomic E-state index is -5.19. The lowest BCUT2D eigenvalue weighted by atomic mass is 9.78. The molecule has 1 unspecified atom stereocenters. The Balaban J connectivity index is 2.46. The molecule has 210 valence electrons. The van der Waals surface area contributed by atoms with Crippen LogP contribution in [0.25, 0.3) is 0 Å². The number of esters is 2. The Kier molecular flexibility index (Phi) is 11.1. The molecule has 0 radical (unpaired) electrons. The lowest BCUT2D eigenvalue weighted by Gasteiger charge is -2.32. The molecule has 2 N–H and O–H groups in total. The van der Waals surface area contributed by atoms with Crippen LogP contribution in [0.15, 0.2) is 34.7 Å². The summed E-state index contributed by atoms with van der Waals surface area (Å²) in [7, 11) is 0.904. The van der Waals surface area contributed by atoms with Crippen molar-refractivity contribution in [2.24, 2.45) is 0 Å². The first-order chi connectivity index (χ1) is 17.8. The minimum Gasteiger partial charge on any atom is -0.481 e. The maximum absolute atomic E-state index is 15.1. The van der Waals surface area contributed by atoms with Crippen LogP contribution in [-0.4, -0.2) is 43.4 Å². The van der Waals surface area contributed by atoms with Crippen molar-refractivity contribution in [3.8, 4) is 0 Å². The molecule has 1 heterocycles. The molecule has 2 rings (SSSR count). The van der Waals surface area contributed by atoms with Gasteiger partial charge < -0.3 is 19.9 Å². The Morgan fingerprint density at radius 3 is 2.26 bits per heavy atom. The van der Waals surface area contributed by atoms with E-state index in [0.29, 0.717) is 44.2 Å². The van der Waals surface area contributed by atoms with Crippen LogP contribution in [0.3, 0.4) is 0 Å². The summed E-state index contributed by atoms with van der Waals surface area (Å²) in [4.78, 5) is 36.3. The molecule has 0 bridgehead atoms. The summed E-state index contributed by atoms with van der Waals surface area (Å²) in [6.45, 7) is -0.254. The Hall–Kier alpha value is -3.15. The second-order valence-corrected chi connectivity index (χ2v) is 8.88. The van der Waals surface area contributed by atoms with E-state index in [-0.39, 0.29) is 18.7 Å². The molecule has 1 aromatic carbocycles. The Morgan fingerprint density at radius 1 is 1.05 bits per heavy atom. The summed E-state index contributed by atoms with van der Waals surface area (Å²) in [5.74, 6) is -6.78. The van der Waals surface area contributed by atoms with Crippen molar-refractivity contribution in [1.29, 1.82) is 0 Å². The topological polar surface area (TPSA) is 102 Å². The van der Waals surface area contributed by atoms with Crippen molar-refractivity contribution < 1.29 is 50.9 Å². The molecule has 0 saturated heterocycles. The maximum Gasteiger partial charge on any atom is 0.418 e. The number of alkyl halides is 4. The highest BCUT2D eigenvalue weighted by atomic mass is 35.5. The van der Waals surface area contributed by atoms with Crippen molar-refractivity contribution in [1.82, 2.24) is 5.32 Å². The first kappa shape index (κ1) is 31.1. The molecule has 0 amide bonds. The van der Waals surface area contributed by atoms with E-state index < -0.39 is 75.5 Å². The molecule has 13 heteroatoms. The summed E-state index contributed by atoms with van der Waals surface area (Å²) < 4.78 is 81.0. The van der Waals surface area contributed by atoms with Crippen LogP contribution in [0, 0.1) is 5.82 Å². The van der Waals surface area contributed by atoms with E-state index >= 15 is 4.39 Å². The van der Waals surface area contributed by atoms with E-state index in [0.717, 1.165) is 7.11 Å². The van der Waals surface area contributed by atoms with Gasteiger partial charge in [0.05, 0.1) is 47.1 Å². The number of nitrogens with one attached hydrogen (secondary N) is 1. The van der Waals surface area contributed by atoms with Crippen LogP contribution >= 0.6 is 11.6 Å². The number of hydrogen-bond donors (Lipinski definition) is 2. The van der Waals surface area contributed by atoms with Crippen molar-refractivity contribution >= 4 is 29.5 Å². The third-order valence-electron chi connectivity index (χ3n) is 5.89. The second kappa shape index (κ2) is 13.6. The number of rotatable bonds is 12.